The van der Waals surface area contributed by atoms with Gasteiger partial charge in [-0.3, -0.25) is 9.78 Å². The molecule has 0 fully saturated rings. The summed E-state index contributed by atoms with van der Waals surface area (Å²) in [4.78, 5) is 15.0. The standard InChI is InChI=1S/C23H18F2N2O4/c24-20-9-15-7-13(12-30-19-4-2-1-3-14(19)10-21(28)29)8-17(23(15)31-20)16-5-6-27-18(11-26)22(16)25/h1-9H,10-12,26H2,(H,28,29). The monoisotopic (exact) mass is 424 g/mol. The molecule has 4 aromatic rings. The van der Waals surface area contributed by atoms with Crippen LogP contribution in [-0.2, 0) is 24.4 Å². The molecule has 6 nitrogen and oxygen atoms in total. The molecule has 31 heavy (non-hydrogen) atoms. The molecule has 0 saturated carbocycles. The number of carbonyl (C=O) groups is 1. The van der Waals surface area contributed by atoms with Crippen molar-refractivity contribution in [3.63, 3.8) is 0 Å². The number of nitrogens with two attached hydrogens (primary N) is 1. The lowest BCUT2D eigenvalue weighted by Crippen LogP contribution is -2.05. The second kappa shape index (κ2) is 8.53. The quantitative estimate of drug-likeness (QED) is 0.455. The molecule has 2 aromatic heterocycles. The first-order valence-electron chi connectivity index (χ1n) is 9.44. The Kier molecular flexibility index (Phi) is 5.64. The normalized spacial score (nSPS) is 11.1. The Labute approximate surface area is 175 Å². The van der Waals surface area contributed by atoms with Crippen LogP contribution >= 0.6 is 0 Å². The number of hydrogen-bond donors (Lipinski definition) is 2. The minimum Gasteiger partial charge on any atom is -0.489 e. The van der Waals surface area contributed by atoms with Crippen LogP contribution < -0.4 is 10.5 Å². The van der Waals surface area contributed by atoms with Crippen LogP contribution in [0, 0.1) is 11.8 Å². The lowest BCUT2D eigenvalue weighted by molar-refractivity contribution is -0.136. The van der Waals surface area contributed by atoms with Crippen molar-refractivity contribution in [2.24, 2.45) is 5.73 Å². The maximum absolute atomic E-state index is 14.9. The number of benzene rings is 2. The molecule has 0 radical (unpaired) electrons. The summed E-state index contributed by atoms with van der Waals surface area (Å²) in [7, 11) is 0. The summed E-state index contributed by atoms with van der Waals surface area (Å²) in [6.45, 7) is -0.0265. The molecule has 0 amide bonds. The van der Waals surface area contributed by atoms with E-state index in [2.05, 4.69) is 4.98 Å². The van der Waals surface area contributed by atoms with E-state index in [4.69, 9.17) is 20.0 Å². The molecule has 0 saturated heterocycles. The number of aliphatic carboxylic acids is 1. The third kappa shape index (κ3) is 4.24. The van der Waals surface area contributed by atoms with Crippen molar-refractivity contribution < 1.29 is 27.8 Å². The van der Waals surface area contributed by atoms with Gasteiger partial charge in [-0.15, -0.1) is 0 Å². The van der Waals surface area contributed by atoms with Crippen molar-refractivity contribution in [2.45, 2.75) is 19.6 Å². The van der Waals surface area contributed by atoms with E-state index >= 15 is 0 Å². The van der Waals surface area contributed by atoms with Crippen molar-refractivity contribution in [1.29, 1.82) is 0 Å². The molecule has 2 heterocycles. The number of hydrogen-bond acceptors (Lipinski definition) is 5. The van der Waals surface area contributed by atoms with Crippen LogP contribution in [0.25, 0.3) is 22.1 Å². The van der Waals surface area contributed by atoms with Gasteiger partial charge in [-0.05, 0) is 29.8 Å². The predicted molar refractivity (Wildman–Crippen MR) is 109 cm³/mol. The van der Waals surface area contributed by atoms with Crippen LogP contribution in [0.5, 0.6) is 5.75 Å². The molecule has 0 bridgehead atoms. The average Bonchev–Trinajstić information content (AvgIpc) is 3.12. The smallest absolute Gasteiger partial charge is 0.307 e. The summed E-state index contributed by atoms with van der Waals surface area (Å²) in [5.74, 6) is -1.16. The minimum absolute atomic E-state index is 0.0584. The van der Waals surface area contributed by atoms with Crippen molar-refractivity contribution in [3.8, 4) is 16.9 Å². The number of pyridine rings is 1. The van der Waals surface area contributed by atoms with Gasteiger partial charge < -0.3 is 20.0 Å². The van der Waals surface area contributed by atoms with Gasteiger partial charge in [0.1, 0.15) is 17.9 Å². The molecular formula is C23H18F2N2O4. The Hall–Kier alpha value is -3.78. The Morgan fingerprint density at radius 2 is 1.94 bits per heavy atom. The Morgan fingerprint density at radius 3 is 2.71 bits per heavy atom. The first-order valence-corrected chi connectivity index (χ1v) is 9.44. The van der Waals surface area contributed by atoms with E-state index in [0.29, 0.717) is 27.8 Å². The van der Waals surface area contributed by atoms with Gasteiger partial charge in [-0.1, -0.05) is 18.2 Å². The van der Waals surface area contributed by atoms with E-state index in [1.165, 1.54) is 18.3 Å². The highest BCUT2D eigenvalue weighted by Gasteiger charge is 2.18. The van der Waals surface area contributed by atoms with Crippen molar-refractivity contribution in [3.05, 3.63) is 83.4 Å². The third-order valence-electron chi connectivity index (χ3n) is 4.80. The van der Waals surface area contributed by atoms with Crippen LogP contribution in [0.3, 0.4) is 0 Å². The van der Waals surface area contributed by atoms with Gasteiger partial charge in [-0.2, -0.15) is 4.39 Å². The molecule has 8 heteroatoms. The highest BCUT2D eigenvalue weighted by molar-refractivity contribution is 5.93. The van der Waals surface area contributed by atoms with Crippen molar-refractivity contribution >= 4 is 16.9 Å². The Balaban J connectivity index is 1.73. The molecule has 158 valence electrons. The summed E-state index contributed by atoms with van der Waals surface area (Å²) in [5.41, 5.74) is 7.51. The first kappa shape index (κ1) is 20.5. The highest BCUT2D eigenvalue weighted by Crippen LogP contribution is 2.34. The molecular weight excluding hydrogens is 406 g/mol. The summed E-state index contributed by atoms with van der Waals surface area (Å²) < 4.78 is 39.7. The van der Waals surface area contributed by atoms with E-state index in [1.807, 2.05) is 0 Å². The number of ether oxygens (including phenoxy) is 1. The zero-order valence-electron chi connectivity index (χ0n) is 16.3. The second-order valence-electron chi connectivity index (χ2n) is 6.90. The number of carboxylic acid groups (broad SMARTS) is 1. The predicted octanol–water partition coefficient (Wildman–Crippen LogP) is 4.44. The first-order chi connectivity index (χ1) is 15.0. The number of para-hydroxylation sites is 1. The number of carboxylic acids is 1. The van der Waals surface area contributed by atoms with Crippen molar-refractivity contribution in [1.82, 2.24) is 4.98 Å². The molecule has 0 atom stereocenters. The summed E-state index contributed by atoms with van der Waals surface area (Å²) in [5, 5.41) is 9.52. The number of halogens is 2. The van der Waals surface area contributed by atoms with Gasteiger partial charge in [0.2, 0.25) is 0 Å². The Morgan fingerprint density at radius 1 is 1.13 bits per heavy atom. The van der Waals surface area contributed by atoms with Crippen molar-refractivity contribution in [2.75, 3.05) is 0 Å². The van der Waals surface area contributed by atoms with Crippen LogP contribution in [0.4, 0.5) is 8.78 Å². The fraction of sp³-hybridized carbons (Fsp3) is 0.130. The lowest BCUT2D eigenvalue weighted by Gasteiger charge is -2.12. The number of nitrogens with zero attached hydrogens (tertiary/aromatic N) is 1. The summed E-state index contributed by atoms with van der Waals surface area (Å²) in [6, 6.07) is 12.0. The SMILES string of the molecule is NCc1nccc(-c2cc(COc3ccccc3CC(=O)O)cc3cc(F)oc23)c1F. The van der Waals surface area contributed by atoms with Crippen LogP contribution in [-0.4, -0.2) is 16.1 Å². The third-order valence-corrected chi connectivity index (χ3v) is 4.80. The van der Waals surface area contributed by atoms with Gasteiger partial charge in [-0.25, -0.2) is 4.39 Å². The number of rotatable bonds is 7. The van der Waals surface area contributed by atoms with E-state index in [9.17, 15) is 13.6 Å². The number of furan rings is 1. The second-order valence-corrected chi connectivity index (χ2v) is 6.90. The fourth-order valence-electron chi connectivity index (χ4n) is 3.42. The average molecular weight is 424 g/mol. The summed E-state index contributed by atoms with van der Waals surface area (Å²) >= 11 is 0. The number of fused-ring (bicyclic) bond motifs is 1. The topological polar surface area (TPSA) is 98.6 Å². The fourth-order valence-corrected chi connectivity index (χ4v) is 3.42. The van der Waals surface area contributed by atoms with E-state index < -0.39 is 17.8 Å². The van der Waals surface area contributed by atoms with E-state index in [0.717, 1.165) is 0 Å². The van der Waals surface area contributed by atoms with Gasteiger partial charge in [0, 0.05) is 40.9 Å². The zero-order chi connectivity index (χ0) is 22.0. The molecule has 4 rings (SSSR count). The molecule has 2 aromatic carbocycles. The van der Waals surface area contributed by atoms with Crippen LogP contribution in [0.15, 0.2) is 59.1 Å². The molecule has 0 spiro atoms. The molecule has 0 aliphatic heterocycles. The number of aromatic nitrogens is 1. The molecule has 3 N–H and O–H groups in total. The zero-order valence-corrected chi connectivity index (χ0v) is 16.3. The van der Waals surface area contributed by atoms with Gasteiger partial charge in [0.15, 0.2) is 5.82 Å². The molecule has 0 aliphatic carbocycles. The lowest BCUT2D eigenvalue weighted by atomic mass is 10.00. The minimum atomic E-state index is -0.975. The van der Waals surface area contributed by atoms with Gasteiger partial charge in [0.05, 0.1) is 12.1 Å². The molecule has 0 aliphatic rings. The highest BCUT2D eigenvalue weighted by atomic mass is 19.1. The maximum atomic E-state index is 14.9. The van der Waals surface area contributed by atoms with E-state index in [-0.39, 0.29) is 36.4 Å². The largest absolute Gasteiger partial charge is 0.489 e. The maximum Gasteiger partial charge on any atom is 0.307 e. The summed E-state index contributed by atoms with van der Waals surface area (Å²) in [6.07, 6.45) is 1.24. The van der Waals surface area contributed by atoms with Crippen LogP contribution in [0.1, 0.15) is 16.8 Å². The van der Waals surface area contributed by atoms with Crippen LogP contribution in [0.2, 0.25) is 0 Å². The molecule has 0 unspecified atom stereocenters. The Bertz CT molecular complexity index is 1270. The van der Waals surface area contributed by atoms with E-state index in [1.54, 1.807) is 36.4 Å². The van der Waals surface area contributed by atoms with Gasteiger partial charge in [0.25, 0.3) is 6.01 Å². The van der Waals surface area contributed by atoms with Gasteiger partial charge >= 0.3 is 5.97 Å².